The topological polar surface area (TPSA) is 71.3 Å². The maximum atomic E-state index is 12.7. The highest BCUT2D eigenvalue weighted by Gasteiger charge is 2.31. The third kappa shape index (κ3) is 3.45. The van der Waals surface area contributed by atoms with E-state index in [4.69, 9.17) is 5.11 Å². The first-order chi connectivity index (χ1) is 11.9. The monoisotopic (exact) mass is 340 g/mol. The first kappa shape index (κ1) is 17.3. The van der Waals surface area contributed by atoms with Crippen LogP contribution in [0.4, 0.5) is 0 Å². The summed E-state index contributed by atoms with van der Waals surface area (Å²) in [6.07, 6.45) is 1.86. The van der Waals surface area contributed by atoms with Gasteiger partial charge in [-0.25, -0.2) is 0 Å². The standard InChI is InChI=1S/C20H24N2O3/c1-12-5-4-6-17(9-12)22-13(2)10-18(14(22)3)19(23)21-16-8-7-15(11-16)20(24)25/h4-6,9-10,15-16H,7-8,11H2,1-3H3,(H,21,23)(H,24,25)/t15-,16+/m0/s1. The fourth-order valence-corrected chi connectivity index (χ4v) is 3.76. The Hall–Kier alpha value is -2.56. The number of nitrogens with zero attached hydrogens (tertiary/aromatic N) is 1. The van der Waals surface area contributed by atoms with E-state index in [0.29, 0.717) is 18.4 Å². The Morgan fingerprint density at radius 2 is 1.92 bits per heavy atom. The molecule has 1 aliphatic carbocycles. The first-order valence-electron chi connectivity index (χ1n) is 8.66. The number of aryl methyl sites for hydroxylation is 2. The molecule has 2 atom stereocenters. The number of hydrogen-bond donors (Lipinski definition) is 2. The second-order valence-electron chi connectivity index (χ2n) is 6.98. The lowest BCUT2D eigenvalue weighted by molar-refractivity contribution is -0.141. The number of aliphatic carboxylic acids is 1. The van der Waals surface area contributed by atoms with Gasteiger partial charge in [0.25, 0.3) is 5.91 Å². The molecule has 0 bridgehead atoms. The van der Waals surface area contributed by atoms with Crippen LogP contribution in [-0.2, 0) is 4.79 Å². The van der Waals surface area contributed by atoms with Crippen LogP contribution < -0.4 is 5.32 Å². The largest absolute Gasteiger partial charge is 0.481 e. The molecule has 0 saturated heterocycles. The van der Waals surface area contributed by atoms with Gasteiger partial charge >= 0.3 is 5.97 Å². The number of hydrogen-bond acceptors (Lipinski definition) is 2. The van der Waals surface area contributed by atoms with Crippen molar-refractivity contribution < 1.29 is 14.7 Å². The molecule has 2 aromatic rings. The normalized spacial score (nSPS) is 19.8. The SMILES string of the molecule is Cc1cccc(-n2c(C)cc(C(=O)N[C@@H]3CC[C@H](C(=O)O)C3)c2C)c1. The van der Waals surface area contributed by atoms with Crippen molar-refractivity contribution in [1.82, 2.24) is 9.88 Å². The summed E-state index contributed by atoms with van der Waals surface area (Å²) in [5, 5.41) is 12.1. The number of aromatic nitrogens is 1. The summed E-state index contributed by atoms with van der Waals surface area (Å²) in [7, 11) is 0. The molecule has 0 spiro atoms. The third-order valence-electron chi connectivity index (χ3n) is 5.05. The molecule has 5 nitrogen and oxygen atoms in total. The molecule has 2 N–H and O–H groups in total. The number of carbonyl (C=O) groups is 2. The molecule has 1 aromatic heterocycles. The van der Waals surface area contributed by atoms with Crippen LogP contribution in [0, 0.1) is 26.7 Å². The number of carboxylic acid groups (broad SMARTS) is 1. The minimum atomic E-state index is -0.769. The van der Waals surface area contributed by atoms with E-state index >= 15 is 0 Å². The van der Waals surface area contributed by atoms with Crippen molar-refractivity contribution in [2.45, 2.75) is 46.1 Å². The molecule has 0 unspecified atom stereocenters. The molecule has 1 aliphatic rings. The molecule has 0 radical (unpaired) electrons. The van der Waals surface area contributed by atoms with Gasteiger partial charge in [-0.05, 0) is 63.8 Å². The molecular formula is C20H24N2O3. The number of rotatable bonds is 4. The Labute approximate surface area is 147 Å². The van der Waals surface area contributed by atoms with Gasteiger partial charge in [0.05, 0.1) is 11.5 Å². The van der Waals surface area contributed by atoms with Gasteiger partial charge in [0.1, 0.15) is 0 Å². The van der Waals surface area contributed by atoms with Crippen molar-refractivity contribution in [2.24, 2.45) is 5.92 Å². The maximum Gasteiger partial charge on any atom is 0.306 e. The minimum Gasteiger partial charge on any atom is -0.481 e. The maximum absolute atomic E-state index is 12.7. The fourth-order valence-electron chi connectivity index (χ4n) is 3.76. The summed E-state index contributed by atoms with van der Waals surface area (Å²) in [6.45, 7) is 5.98. The van der Waals surface area contributed by atoms with Crippen molar-refractivity contribution >= 4 is 11.9 Å². The highest BCUT2D eigenvalue weighted by molar-refractivity contribution is 5.96. The zero-order valence-corrected chi connectivity index (χ0v) is 14.9. The molecular weight excluding hydrogens is 316 g/mol. The van der Waals surface area contributed by atoms with Crippen LogP contribution in [0.25, 0.3) is 5.69 Å². The number of carbonyl (C=O) groups excluding carboxylic acids is 1. The van der Waals surface area contributed by atoms with E-state index in [2.05, 4.69) is 16.0 Å². The molecule has 1 amide bonds. The van der Waals surface area contributed by atoms with Crippen LogP contribution in [0.5, 0.6) is 0 Å². The Balaban J connectivity index is 1.81. The van der Waals surface area contributed by atoms with E-state index in [1.165, 1.54) is 5.56 Å². The summed E-state index contributed by atoms with van der Waals surface area (Å²) in [4.78, 5) is 23.8. The van der Waals surface area contributed by atoms with Crippen molar-refractivity contribution in [1.29, 1.82) is 0 Å². The lowest BCUT2D eigenvalue weighted by Crippen LogP contribution is -2.33. The average Bonchev–Trinajstić information content (AvgIpc) is 3.12. The summed E-state index contributed by atoms with van der Waals surface area (Å²) in [5.41, 5.74) is 4.76. The highest BCUT2D eigenvalue weighted by atomic mass is 16.4. The van der Waals surface area contributed by atoms with Crippen LogP contribution in [0.3, 0.4) is 0 Å². The number of benzene rings is 1. The van der Waals surface area contributed by atoms with Crippen LogP contribution >= 0.6 is 0 Å². The second-order valence-corrected chi connectivity index (χ2v) is 6.98. The molecule has 25 heavy (non-hydrogen) atoms. The van der Waals surface area contributed by atoms with E-state index in [1.54, 1.807) is 0 Å². The van der Waals surface area contributed by atoms with E-state index < -0.39 is 5.97 Å². The van der Waals surface area contributed by atoms with E-state index in [9.17, 15) is 9.59 Å². The van der Waals surface area contributed by atoms with Gasteiger partial charge in [0, 0.05) is 23.1 Å². The van der Waals surface area contributed by atoms with Gasteiger partial charge in [-0.2, -0.15) is 0 Å². The predicted octanol–water partition coefficient (Wildman–Crippen LogP) is 3.39. The van der Waals surface area contributed by atoms with E-state index in [0.717, 1.165) is 23.5 Å². The van der Waals surface area contributed by atoms with E-state index in [-0.39, 0.29) is 17.9 Å². The quantitative estimate of drug-likeness (QED) is 0.896. The predicted molar refractivity (Wildman–Crippen MR) is 96.2 cm³/mol. The molecule has 0 aliphatic heterocycles. The number of amides is 1. The van der Waals surface area contributed by atoms with Crippen LogP contribution in [0.15, 0.2) is 30.3 Å². The Morgan fingerprint density at radius 3 is 2.56 bits per heavy atom. The lowest BCUT2D eigenvalue weighted by atomic mass is 10.1. The molecule has 132 valence electrons. The number of carboxylic acids is 1. The summed E-state index contributed by atoms with van der Waals surface area (Å²) >= 11 is 0. The summed E-state index contributed by atoms with van der Waals surface area (Å²) < 4.78 is 2.08. The van der Waals surface area contributed by atoms with Crippen molar-refractivity contribution in [3.8, 4) is 5.69 Å². The lowest BCUT2D eigenvalue weighted by Gasteiger charge is -2.13. The third-order valence-corrected chi connectivity index (χ3v) is 5.05. The average molecular weight is 340 g/mol. The van der Waals surface area contributed by atoms with Gasteiger partial charge < -0.3 is 15.0 Å². The van der Waals surface area contributed by atoms with Gasteiger partial charge in [-0.15, -0.1) is 0 Å². The molecule has 5 heteroatoms. The fraction of sp³-hybridized carbons (Fsp3) is 0.400. The summed E-state index contributed by atoms with van der Waals surface area (Å²) in [5.74, 6) is -1.23. The Morgan fingerprint density at radius 1 is 1.16 bits per heavy atom. The molecule has 3 rings (SSSR count). The van der Waals surface area contributed by atoms with E-state index in [1.807, 2.05) is 45.0 Å². The molecule has 1 saturated carbocycles. The zero-order valence-electron chi connectivity index (χ0n) is 14.9. The van der Waals surface area contributed by atoms with Crippen LogP contribution in [0.1, 0.15) is 46.6 Å². The minimum absolute atomic E-state index is 0.0596. The van der Waals surface area contributed by atoms with Crippen LogP contribution in [0.2, 0.25) is 0 Å². The Kier molecular flexibility index (Phi) is 4.66. The van der Waals surface area contributed by atoms with Gasteiger partial charge in [-0.3, -0.25) is 9.59 Å². The molecule has 1 heterocycles. The van der Waals surface area contributed by atoms with Gasteiger partial charge in [0.15, 0.2) is 0 Å². The van der Waals surface area contributed by atoms with Gasteiger partial charge in [0.2, 0.25) is 0 Å². The highest BCUT2D eigenvalue weighted by Crippen LogP contribution is 2.27. The molecule has 1 fully saturated rings. The molecule has 1 aromatic carbocycles. The first-order valence-corrected chi connectivity index (χ1v) is 8.66. The smallest absolute Gasteiger partial charge is 0.306 e. The zero-order chi connectivity index (χ0) is 18.1. The van der Waals surface area contributed by atoms with Gasteiger partial charge in [-0.1, -0.05) is 12.1 Å². The summed E-state index contributed by atoms with van der Waals surface area (Å²) in [6, 6.07) is 10.0. The van der Waals surface area contributed by atoms with Crippen LogP contribution in [-0.4, -0.2) is 27.6 Å². The van der Waals surface area contributed by atoms with Crippen molar-refractivity contribution in [2.75, 3.05) is 0 Å². The van der Waals surface area contributed by atoms with Crippen molar-refractivity contribution in [3.63, 3.8) is 0 Å². The second kappa shape index (κ2) is 6.75. The van der Waals surface area contributed by atoms with Crippen molar-refractivity contribution in [3.05, 3.63) is 52.8 Å². The Bertz CT molecular complexity index is 822. The number of nitrogens with one attached hydrogen (secondary N) is 1.